The fourth-order valence-corrected chi connectivity index (χ4v) is 2.55. The normalized spacial score (nSPS) is 13.6. The number of rotatable bonds is 3. The summed E-state index contributed by atoms with van der Waals surface area (Å²) in [6.07, 6.45) is 2.28. The maximum atomic E-state index is 11.5. The summed E-state index contributed by atoms with van der Waals surface area (Å²) in [7, 11) is 0. The molecule has 0 radical (unpaired) electrons. The monoisotopic (exact) mass is 298 g/mol. The zero-order valence-electron chi connectivity index (χ0n) is 12.5. The summed E-state index contributed by atoms with van der Waals surface area (Å²) in [5.74, 6) is 1.01. The van der Waals surface area contributed by atoms with E-state index in [0.717, 1.165) is 30.0 Å². The van der Waals surface area contributed by atoms with Crippen molar-refractivity contribution >= 4 is 5.91 Å². The van der Waals surface area contributed by atoms with Gasteiger partial charge < -0.3 is 14.7 Å². The van der Waals surface area contributed by atoms with Gasteiger partial charge in [-0.25, -0.2) is 0 Å². The van der Waals surface area contributed by atoms with E-state index in [9.17, 15) is 9.90 Å². The Kier molecular flexibility index (Phi) is 3.96. The molecule has 3 rings (SSSR count). The van der Waals surface area contributed by atoms with Crippen LogP contribution < -0.4 is 4.74 Å². The number of nitrogens with zero attached hydrogens (tertiary/aromatic N) is 2. The Balaban J connectivity index is 1.69. The number of fused-ring (bicyclic) bond motifs is 1. The van der Waals surface area contributed by atoms with Gasteiger partial charge in [-0.3, -0.25) is 9.78 Å². The average molecular weight is 298 g/mol. The second-order valence-corrected chi connectivity index (χ2v) is 5.42. The first-order chi connectivity index (χ1) is 10.6. The number of carbonyl (C=O) groups excluding carboxylic acids is 1. The smallest absolute Gasteiger partial charge is 0.219 e. The Morgan fingerprint density at radius 3 is 2.91 bits per heavy atom. The van der Waals surface area contributed by atoms with Crippen molar-refractivity contribution in [3.63, 3.8) is 0 Å². The van der Waals surface area contributed by atoms with Crippen LogP contribution in [0.3, 0.4) is 0 Å². The Morgan fingerprint density at radius 1 is 1.32 bits per heavy atom. The zero-order chi connectivity index (χ0) is 15.5. The first-order valence-corrected chi connectivity index (χ1v) is 7.26. The lowest BCUT2D eigenvalue weighted by molar-refractivity contribution is -0.129. The van der Waals surface area contributed by atoms with E-state index in [1.54, 1.807) is 19.1 Å². The van der Waals surface area contributed by atoms with E-state index in [-0.39, 0.29) is 11.7 Å². The molecule has 0 bridgehead atoms. The Morgan fingerprint density at radius 2 is 2.18 bits per heavy atom. The second-order valence-electron chi connectivity index (χ2n) is 5.42. The highest BCUT2D eigenvalue weighted by molar-refractivity contribution is 5.73. The summed E-state index contributed by atoms with van der Waals surface area (Å²) in [5.41, 5.74) is 3.16. The van der Waals surface area contributed by atoms with Crippen molar-refractivity contribution in [1.82, 2.24) is 9.88 Å². The molecule has 114 valence electrons. The van der Waals surface area contributed by atoms with E-state index in [0.29, 0.717) is 13.2 Å². The van der Waals surface area contributed by atoms with Crippen LogP contribution in [0.2, 0.25) is 0 Å². The maximum Gasteiger partial charge on any atom is 0.219 e. The van der Waals surface area contributed by atoms with Crippen molar-refractivity contribution in [2.75, 3.05) is 6.54 Å². The summed E-state index contributed by atoms with van der Waals surface area (Å²) < 4.78 is 5.75. The highest BCUT2D eigenvalue weighted by Crippen LogP contribution is 2.24. The highest BCUT2D eigenvalue weighted by atomic mass is 16.5. The molecule has 5 heteroatoms. The Labute approximate surface area is 129 Å². The molecule has 0 spiro atoms. The van der Waals surface area contributed by atoms with E-state index in [1.807, 2.05) is 17.0 Å². The van der Waals surface area contributed by atoms with Crippen molar-refractivity contribution < 1.29 is 14.6 Å². The quantitative estimate of drug-likeness (QED) is 0.944. The molecule has 0 unspecified atom stereocenters. The van der Waals surface area contributed by atoms with E-state index in [2.05, 4.69) is 11.1 Å². The average Bonchev–Trinajstić information content (AvgIpc) is 2.53. The number of benzene rings is 1. The first kappa shape index (κ1) is 14.4. The van der Waals surface area contributed by atoms with Crippen molar-refractivity contribution in [2.24, 2.45) is 0 Å². The number of ether oxygens (including phenoxy) is 1. The van der Waals surface area contributed by atoms with Gasteiger partial charge in [0.05, 0.1) is 11.9 Å². The predicted molar refractivity (Wildman–Crippen MR) is 81.5 cm³/mol. The number of pyridine rings is 1. The van der Waals surface area contributed by atoms with E-state index < -0.39 is 0 Å². The zero-order valence-corrected chi connectivity index (χ0v) is 12.5. The topological polar surface area (TPSA) is 62.7 Å². The number of aromatic nitrogens is 1. The first-order valence-electron chi connectivity index (χ1n) is 7.26. The molecule has 1 aromatic carbocycles. The van der Waals surface area contributed by atoms with E-state index in [1.165, 1.54) is 11.8 Å². The van der Waals surface area contributed by atoms with Gasteiger partial charge in [0.15, 0.2) is 0 Å². The molecule has 0 saturated carbocycles. The Hall–Kier alpha value is -2.56. The predicted octanol–water partition coefficient (Wildman–Crippen LogP) is 2.27. The molecule has 22 heavy (non-hydrogen) atoms. The van der Waals surface area contributed by atoms with Gasteiger partial charge in [-0.15, -0.1) is 0 Å². The summed E-state index contributed by atoms with van der Waals surface area (Å²) in [5, 5.41) is 9.21. The number of hydrogen-bond donors (Lipinski definition) is 1. The maximum absolute atomic E-state index is 11.5. The molecule has 1 amide bonds. The largest absolute Gasteiger partial charge is 0.506 e. The third kappa shape index (κ3) is 3.19. The van der Waals surface area contributed by atoms with Gasteiger partial charge in [0, 0.05) is 20.0 Å². The van der Waals surface area contributed by atoms with E-state index >= 15 is 0 Å². The van der Waals surface area contributed by atoms with Gasteiger partial charge in [-0.1, -0.05) is 6.07 Å². The van der Waals surface area contributed by atoms with Crippen LogP contribution in [0.15, 0.2) is 36.5 Å². The molecule has 0 saturated heterocycles. The third-order valence-electron chi connectivity index (χ3n) is 3.83. The summed E-state index contributed by atoms with van der Waals surface area (Å²) in [6.45, 7) is 3.36. The molecule has 5 nitrogen and oxygen atoms in total. The molecule has 1 aliphatic heterocycles. The van der Waals surface area contributed by atoms with Crippen LogP contribution in [0.25, 0.3) is 0 Å². The van der Waals surface area contributed by atoms with Gasteiger partial charge in [0.1, 0.15) is 18.1 Å². The third-order valence-corrected chi connectivity index (χ3v) is 3.83. The standard InChI is InChI=1S/C17H18N2O3/c1-12(20)19-7-6-13-2-5-17(8-14(13)10-19)22-11-15-3-4-16(21)9-18-15/h2-5,8-9,21H,6-7,10-11H2,1H3. The number of aromatic hydroxyl groups is 1. The minimum atomic E-state index is 0.102. The molecular formula is C17H18N2O3. The fraction of sp³-hybridized carbons (Fsp3) is 0.294. The van der Waals surface area contributed by atoms with Crippen LogP contribution in [0.5, 0.6) is 11.5 Å². The summed E-state index contributed by atoms with van der Waals surface area (Å²) in [4.78, 5) is 17.4. The lowest BCUT2D eigenvalue weighted by atomic mass is 9.99. The fourth-order valence-electron chi connectivity index (χ4n) is 2.55. The van der Waals surface area contributed by atoms with Crippen LogP contribution in [-0.4, -0.2) is 27.4 Å². The molecule has 1 N–H and O–H groups in total. The molecule has 2 aromatic rings. The molecular weight excluding hydrogens is 280 g/mol. The van der Waals surface area contributed by atoms with Crippen LogP contribution in [0, 0.1) is 0 Å². The lowest BCUT2D eigenvalue weighted by Crippen LogP contribution is -2.34. The lowest BCUT2D eigenvalue weighted by Gasteiger charge is -2.28. The SMILES string of the molecule is CC(=O)N1CCc2ccc(OCc3ccc(O)cn3)cc2C1. The van der Waals surface area contributed by atoms with Crippen molar-refractivity contribution in [3.05, 3.63) is 53.3 Å². The number of hydrogen-bond acceptors (Lipinski definition) is 4. The van der Waals surface area contributed by atoms with E-state index in [4.69, 9.17) is 4.74 Å². The summed E-state index contributed by atoms with van der Waals surface area (Å²) >= 11 is 0. The van der Waals surface area contributed by atoms with Crippen molar-refractivity contribution in [1.29, 1.82) is 0 Å². The van der Waals surface area contributed by atoms with Crippen LogP contribution in [0.4, 0.5) is 0 Å². The van der Waals surface area contributed by atoms with Gasteiger partial charge in [0.25, 0.3) is 0 Å². The number of carbonyl (C=O) groups is 1. The molecule has 0 aliphatic carbocycles. The van der Waals surface area contributed by atoms with Crippen LogP contribution in [0.1, 0.15) is 23.7 Å². The molecule has 0 fully saturated rings. The molecule has 0 atom stereocenters. The van der Waals surface area contributed by atoms with Gasteiger partial charge in [-0.05, 0) is 41.8 Å². The molecule has 1 aliphatic rings. The van der Waals surface area contributed by atoms with Crippen LogP contribution >= 0.6 is 0 Å². The molecule has 2 heterocycles. The number of amides is 1. The minimum absolute atomic E-state index is 0.102. The molecule has 1 aromatic heterocycles. The minimum Gasteiger partial charge on any atom is -0.506 e. The van der Waals surface area contributed by atoms with Crippen molar-refractivity contribution in [3.8, 4) is 11.5 Å². The van der Waals surface area contributed by atoms with Gasteiger partial charge >= 0.3 is 0 Å². The summed E-state index contributed by atoms with van der Waals surface area (Å²) in [6, 6.07) is 9.31. The second kappa shape index (κ2) is 6.05. The van der Waals surface area contributed by atoms with Gasteiger partial charge in [-0.2, -0.15) is 0 Å². The Bertz CT molecular complexity index is 683. The van der Waals surface area contributed by atoms with Crippen molar-refractivity contribution in [2.45, 2.75) is 26.5 Å². The van der Waals surface area contributed by atoms with Gasteiger partial charge in [0.2, 0.25) is 5.91 Å². The highest BCUT2D eigenvalue weighted by Gasteiger charge is 2.18. The van der Waals surface area contributed by atoms with Crippen LogP contribution in [-0.2, 0) is 24.4 Å².